The third-order valence-electron chi connectivity index (χ3n) is 3.46. The molecular formula is C17H18N2O3S3. The molecule has 0 unspecified atom stereocenters. The van der Waals surface area contributed by atoms with Crippen molar-refractivity contribution in [3.05, 3.63) is 51.0 Å². The van der Waals surface area contributed by atoms with E-state index < -0.39 is 10.0 Å². The number of hydrogen-bond acceptors (Lipinski definition) is 6. The molecule has 0 radical (unpaired) electrons. The molecule has 0 fully saturated rings. The predicted molar refractivity (Wildman–Crippen MR) is 102 cm³/mol. The van der Waals surface area contributed by atoms with Gasteiger partial charge in [0.15, 0.2) is 0 Å². The van der Waals surface area contributed by atoms with Gasteiger partial charge in [-0.1, -0.05) is 6.07 Å². The Morgan fingerprint density at radius 1 is 1.24 bits per heavy atom. The van der Waals surface area contributed by atoms with Gasteiger partial charge in [-0.3, -0.25) is 0 Å². The molecule has 0 aliphatic carbocycles. The maximum Gasteiger partial charge on any atom is 0.244 e. The van der Waals surface area contributed by atoms with Crippen LogP contribution in [0, 0.1) is 6.92 Å². The van der Waals surface area contributed by atoms with Crippen LogP contribution in [0.5, 0.6) is 5.75 Å². The van der Waals surface area contributed by atoms with Crippen LogP contribution in [0.4, 0.5) is 0 Å². The summed E-state index contributed by atoms with van der Waals surface area (Å²) in [6.45, 7) is 4.39. The molecular weight excluding hydrogens is 376 g/mol. The van der Waals surface area contributed by atoms with Crippen LogP contribution in [0.1, 0.15) is 16.8 Å². The molecule has 3 rings (SSSR count). The molecule has 0 bridgehead atoms. The zero-order valence-corrected chi connectivity index (χ0v) is 16.3. The summed E-state index contributed by atoms with van der Waals surface area (Å²) in [7, 11) is -3.71. The monoisotopic (exact) mass is 394 g/mol. The Morgan fingerprint density at radius 3 is 2.72 bits per heavy atom. The molecule has 0 saturated carbocycles. The molecule has 3 aromatic rings. The first kappa shape index (κ1) is 18.1. The summed E-state index contributed by atoms with van der Waals surface area (Å²) in [5.74, 6) is 0.344. The van der Waals surface area contributed by atoms with Gasteiger partial charge < -0.3 is 4.74 Å². The van der Waals surface area contributed by atoms with Crippen LogP contribution in [-0.4, -0.2) is 20.0 Å². The summed E-state index contributed by atoms with van der Waals surface area (Å²) in [4.78, 5) is 5.52. The van der Waals surface area contributed by atoms with E-state index in [4.69, 9.17) is 4.74 Å². The average Bonchev–Trinajstić information content (AvgIpc) is 3.25. The lowest BCUT2D eigenvalue weighted by Crippen LogP contribution is -2.23. The van der Waals surface area contributed by atoms with Gasteiger partial charge in [-0.25, -0.2) is 18.1 Å². The Morgan fingerprint density at radius 2 is 2.08 bits per heavy atom. The second kappa shape index (κ2) is 7.65. The van der Waals surface area contributed by atoms with Crippen molar-refractivity contribution < 1.29 is 13.2 Å². The van der Waals surface area contributed by atoms with Gasteiger partial charge in [-0.2, -0.15) is 0 Å². The molecule has 132 valence electrons. The average molecular weight is 395 g/mol. The molecule has 0 atom stereocenters. The quantitative estimate of drug-likeness (QED) is 0.656. The number of nitrogens with zero attached hydrogens (tertiary/aromatic N) is 1. The lowest BCUT2D eigenvalue weighted by molar-refractivity contribution is 0.331. The fourth-order valence-corrected chi connectivity index (χ4v) is 4.84. The number of sulfonamides is 1. The van der Waals surface area contributed by atoms with E-state index in [1.807, 2.05) is 42.8 Å². The first-order valence-electron chi connectivity index (χ1n) is 7.71. The van der Waals surface area contributed by atoms with E-state index in [0.717, 1.165) is 21.1 Å². The normalized spacial score (nSPS) is 11.6. The van der Waals surface area contributed by atoms with Crippen LogP contribution >= 0.6 is 22.7 Å². The van der Waals surface area contributed by atoms with Crippen molar-refractivity contribution in [2.75, 3.05) is 6.61 Å². The first-order valence-corrected chi connectivity index (χ1v) is 10.9. The summed E-state index contributed by atoms with van der Waals surface area (Å²) in [5, 5.41) is 4.77. The second-order valence-electron chi connectivity index (χ2n) is 5.25. The number of benzene rings is 1. The minimum Gasteiger partial charge on any atom is -0.492 e. The van der Waals surface area contributed by atoms with E-state index in [2.05, 4.69) is 9.71 Å². The summed E-state index contributed by atoms with van der Waals surface area (Å²) in [6, 6.07) is 8.93. The van der Waals surface area contributed by atoms with Crippen LogP contribution in [0.15, 0.2) is 46.0 Å². The van der Waals surface area contributed by atoms with Gasteiger partial charge in [0.1, 0.15) is 10.6 Å². The van der Waals surface area contributed by atoms with Crippen molar-refractivity contribution in [3.8, 4) is 17.0 Å². The number of thiophene rings is 1. The van der Waals surface area contributed by atoms with Crippen LogP contribution in [-0.2, 0) is 16.6 Å². The van der Waals surface area contributed by atoms with E-state index in [-0.39, 0.29) is 11.4 Å². The highest BCUT2D eigenvalue weighted by molar-refractivity contribution is 7.89. The molecule has 5 nitrogen and oxygen atoms in total. The van der Waals surface area contributed by atoms with Crippen LogP contribution in [0.3, 0.4) is 0 Å². The highest BCUT2D eigenvalue weighted by atomic mass is 32.2. The zero-order chi connectivity index (χ0) is 17.9. The second-order valence-corrected chi connectivity index (χ2v) is 9.08. The molecule has 1 aromatic carbocycles. The Kier molecular flexibility index (Phi) is 5.53. The Bertz CT molecular complexity index is 947. The highest BCUT2D eigenvalue weighted by Gasteiger charge is 2.21. The van der Waals surface area contributed by atoms with E-state index in [1.54, 1.807) is 12.1 Å². The minimum absolute atomic E-state index is 0.133. The Balaban J connectivity index is 1.96. The lowest BCUT2D eigenvalue weighted by atomic mass is 10.2. The molecule has 0 aliphatic heterocycles. The summed E-state index contributed by atoms with van der Waals surface area (Å²) in [5.41, 5.74) is 1.52. The standard InChI is InChI=1S/C17H18N2O3S3/c1-3-22-16-7-6-13(15-11-24-12(2)19-15)9-17(16)25(20,21)18-10-14-5-4-8-23-14/h4-9,11,18H,3,10H2,1-2H3. The third kappa shape index (κ3) is 4.27. The number of hydrogen-bond donors (Lipinski definition) is 1. The van der Waals surface area contributed by atoms with Gasteiger partial charge in [0.25, 0.3) is 0 Å². The van der Waals surface area contributed by atoms with Gasteiger partial charge in [0.05, 0.1) is 17.3 Å². The number of aryl methyl sites for hydroxylation is 1. The van der Waals surface area contributed by atoms with Crippen LogP contribution in [0.25, 0.3) is 11.3 Å². The minimum atomic E-state index is -3.71. The predicted octanol–water partition coefficient (Wildman–Crippen LogP) is 4.06. The summed E-state index contributed by atoms with van der Waals surface area (Å²) < 4.78 is 33.8. The molecule has 0 aliphatic rings. The zero-order valence-electron chi connectivity index (χ0n) is 13.9. The first-order chi connectivity index (χ1) is 12.0. The molecule has 2 aromatic heterocycles. The molecule has 8 heteroatoms. The smallest absolute Gasteiger partial charge is 0.244 e. The molecule has 0 saturated heterocycles. The lowest BCUT2D eigenvalue weighted by Gasteiger charge is -2.13. The van der Waals surface area contributed by atoms with Crippen molar-refractivity contribution >= 4 is 32.7 Å². The largest absolute Gasteiger partial charge is 0.492 e. The van der Waals surface area contributed by atoms with E-state index in [9.17, 15) is 8.42 Å². The molecule has 0 amide bonds. The van der Waals surface area contributed by atoms with Gasteiger partial charge in [0.2, 0.25) is 10.0 Å². The van der Waals surface area contributed by atoms with Gasteiger partial charge in [-0.15, -0.1) is 22.7 Å². The van der Waals surface area contributed by atoms with Crippen molar-refractivity contribution in [2.24, 2.45) is 0 Å². The SMILES string of the molecule is CCOc1ccc(-c2csc(C)n2)cc1S(=O)(=O)NCc1cccs1. The Labute approximate surface area is 155 Å². The fourth-order valence-electron chi connectivity index (χ4n) is 2.31. The summed E-state index contributed by atoms with van der Waals surface area (Å²) in [6.07, 6.45) is 0. The van der Waals surface area contributed by atoms with Crippen molar-refractivity contribution in [1.82, 2.24) is 9.71 Å². The molecule has 2 heterocycles. The van der Waals surface area contributed by atoms with Crippen molar-refractivity contribution in [3.63, 3.8) is 0 Å². The number of rotatable bonds is 7. The molecule has 0 spiro atoms. The number of ether oxygens (including phenoxy) is 1. The Hall–Kier alpha value is -1.74. The van der Waals surface area contributed by atoms with Gasteiger partial charge >= 0.3 is 0 Å². The van der Waals surface area contributed by atoms with Gasteiger partial charge in [-0.05, 0) is 43.5 Å². The molecule has 1 N–H and O–H groups in total. The third-order valence-corrected chi connectivity index (χ3v) is 6.54. The van der Waals surface area contributed by atoms with Crippen molar-refractivity contribution in [2.45, 2.75) is 25.3 Å². The van der Waals surface area contributed by atoms with E-state index in [0.29, 0.717) is 12.4 Å². The van der Waals surface area contributed by atoms with E-state index >= 15 is 0 Å². The fraction of sp³-hybridized carbons (Fsp3) is 0.235. The van der Waals surface area contributed by atoms with E-state index in [1.165, 1.54) is 22.7 Å². The van der Waals surface area contributed by atoms with Crippen molar-refractivity contribution in [1.29, 1.82) is 0 Å². The highest BCUT2D eigenvalue weighted by Crippen LogP contribution is 2.31. The number of nitrogens with one attached hydrogen (secondary N) is 1. The van der Waals surface area contributed by atoms with Crippen LogP contribution < -0.4 is 9.46 Å². The summed E-state index contributed by atoms with van der Waals surface area (Å²) >= 11 is 3.04. The van der Waals surface area contributed by atoms with Crippen LogP contribution in [0.2, 0.25) is 0 Å². The number of aromatic nitrogens is 1. The maximum absolute atomic E-state index is 12.8. The maximum atomic E-state index is 12.8. The van der Waals surface area contributed by atoms with Gasteiger partial charge in [0, 0.05) is 22.4 Å². The topological polar surface area (TPSA) is 68.3 Å². The molecule has 25 heavy (non-hydrogen) atoms. The number of thiazole rings is 1.